The summed E-state index contributed by atoms with van der Waals surface area (Å²) in [5.74, 6) is 0.0167. The Hall–Kier alpha value is -0.650. The highest BCUT2D eigenvalue weighted by atomic mass is 16.5. The molecule has 0 heterocycles. The summed E-state index contributed by atoms with van der Waals surface area (Å²) in [4.78, 5) is 11.6. The van der Waals surface area contributed by atoms with Gasteiger partial charge in [-0.25, -0.2) is 0 Å². The van der Waals surface area contributed by atoms with Crippen molar-refractivity contribution in [1.82, 2.24) is 5.32 Å². The van der Waals surface area contributed by atoms with E-state index in [1.54, 1.807) is 0 Å². The number of hydrogen-bond donors (Lipinski definition) is 1. The Bertz CT molecular complexity index is 324. The van der Waals surface area contributed by atoms with Crippen molar-refractivity contribution in [3.05, 3.63) is 0 Å². The van der Waals surface area contributed by atoms with E-state index in [0.717, 1.165) is 13.0 Å². The molecule has 0 unspecified atom stereocenters. The molecular weight excluding hydrogens is 306 g/mol. The van der Waals surface area contributed by atoms with Crippen LogP contribution < -0.4 is 5.32 Å². The van der Waals surface area contributed by atoms with Crippen molar-refractivity contribution >= 4 is 5.91 Å². The van der Waals surface area contributed by atoms with E-state index >= 15 is 0 Å². The molecule has 5 heteroatoms. The maximum atomic E-state index is 11.6. The van der Waals surface area contributed by atoms with E-state index in [9.17, 15) is 4.79 Å². The number of carbonyl (C=O) groups excluding carboxylic acids is 1. The lowest BCUT2D eigenvalue weighted by molar-refractivity contribution is -0.123. The van der Waals surface area contributed by atoms with Crippen LogP contribution in [0.5, 0.6) is 0 Å². The summed E-state index contributed by atoms with van der Waals surface area (Å²) in [5, 5.41) is 2.90. The van der Waals surface area contributed by atoms with Crippen molar-refractivity contribution in [3.8, 4) is 0 Å². The zero-order valence-electron chi connectivity index (χ0n) is 16.7. The Morgan fingerprint density at radius 1 is 0.833 bits per heavy atom. The predicted octanol–water partition coefficient (Wildman–Crippen LogP) is 3.56. The molecule has 0 saturated carbocycles. The fourth-order valence-electron chi connectivity index (χ4n) is 2.02. The summed E-state index contributed by atoms with van der Waals surface area (Å²) >= 11 is 0. The molecule has 1 N–H and O–H groups in total. The molecule has 0 aromatic carbocycles. The molecule has 0 spiro atoms. The zero-order valence-corrected chi connectivity index (χ0v) is 16.7. The molecule has 0 aliphatic heterocycles. The second-order valence-electron chi connectivity index (χ2n) is 8.01. The summed E-state index contributed by atoms with van der Waals surface area (Å²) in [7, 11) is 0. The summed E-state index contributed by atoms with van der Waals surface area (Å²) in [6.45, 7) is 16.2. The van der Waals surface area contributed by atoms with Crippen LogP contribution in [0, 0.1) is 5.41 Å². The number of nitrogens with one attached hydrogen (secondary N) is 1. The first kappa shape index (κ1) is 23.4. The molecule has 0 aliphatic carbocycles. The second-order valence-corrected chi connectivity index (χ2v) is 8.01. The van der Waals surface area contributed by atoms with Crippen molar-refractivity contribution < 1.29 is 19.0 Å². The summed E-state index contributed by atoms with van der Waals surface area (Å²) in [5.41, 5.74) is 0.230. The van der Waals surface area contributed by atoms with Crippen LogP contribution in [0.25, 0.3) is 0 Å². The average molecular weight is 346 g/mol. The molecule has 144 valence electrons. The molecule has 0 atom stereocenters. The molecule has 0 radical (unpaired) electrons. The van der Waals surface area contributed by atoms with Crippen molar-refractivity contribution in [2.24, 2.45) is 5.41 Å². The largest absolute Gasteiger partial charge is 0.379 e. The minimum atomic E-state index is -0.188. The van der Waals surface area contributed by atoms with Crippen LogP contribution >= 0.6 is 0 Å². The van der Waals surface area contributed by atoms with Crippen molar-refractivity contribution in [3.63, 3.8) is 0 Å². The molecule has 0 aliphatic rings. The normalized spacial score (nSPS) is 12.4. The monoisotopic (exact) mass is 345 g/mol. The Morgan fingerprint density at radius 3 is 1.83 bits per heavy atom. The lowest BCUT2D eigenvalue weighted by atomic mass is 9.85. The van der Waals surface area contributed by atoms with Crippen LogP contribution in [0.15, 0.2) is 0 Å². The topological polar surface area (TPSA) is 56.8 Å². The highest BCUT2D eigenvalue weighted by Crippen LogP contribution is 2.25. The second kappa shape index (κ2) is 12.7. The van der Waals surface area contributed by atoms with Crippen LogP contribution in [0.3, 0.4) is 0 Å². The molecule has 1 amide bonds. The molecular formula is C19H39NO4. The molecule has 0 rings (SSSR count). The van der Waals surface area contributed by atoms with Gasteiger partial charge in [0.2, 0.25) is 5.91 Å². The lowest BCUT2D eigenvalue weighted by Gasteiger charge is -2.22. The zero-order chi connectivity index (χ0) is 18.5. The van der Waals surface area contributed by atoms with E-state index in [1.165, 1.54) is 12.8 Å². The quantitative estimate of drug-likeness (QED) is 0.489. The Balaban J connectivity index is 3.28. The van der Waals surface area contributed by atoms with Gasteiger partial charge in [0.25, 0.3) is 0 Å². The van der Waals surface area contributed by atoms with Crippen molar-refractivity contribution in [1.29, 1.82) is 0 Å². The third kappa shape index (κ3) is 16.2. The van der Waals surface area contributed by atoms with Crippen LogP contribution in [0.2, 0.25) is 0 Å². The first-order valence-electron chi connectivity index (χ1n) is 9.20. The van der Waals surface area contributed by atoms with Gasteiger partial charge in [-0.05, 0) is 39.0 Å². The van der Waals surface area contributed by atoms with Crippen molar-refractivity contribution in [2.75, 3.05) is 39.6 Å². The Morgan fingerprint density at radius 2 is 1.33 bits per heavy atom. The van der Waals surface area contributed by atoms with Gasteiger partial charge in [-0.3, -0.25) is 4.79 Å². The van der Waals surface area contributed by atoms with E-state index in [4.69, 9.17) is 14.2 Å². The number of carbonyl (C=O) groups is 1. The van der Waals surface area contributed by atoms with Crippen LogP contribution in [-0.2, 0) is 19.0 Å². The first-order chi connectivity index (χ1) is 11.2. The van der Waals surface area contributed by atoms with Gasteiger partial charge in [0, 0.05) is 18.6 Å². The Kier molecular flexibility index (Phi) is 12.3. The molecule has 0 aromatic heterocycles. The van der Waals surface area contributed by atoms with E-state index in [0.29, 0.717) is 44.9 Å². The first-order valence-corrected chi connectivity index (χ1v) is 9.20. The van der Waals surface area contributed by atoms with Gasteiger partial charge in [-0.2, -0.15) is 0 Å². The maximum Gasteiger partial charge on any atom is 0.222 e. The number of rotatable bonds is 14. The molecule has 0 bridgehead atoms. The fourth-order valence-corrected chi connectivity index (χ4v) is 2.02. The van der Waals surface area contributed by atoms with Gasteiger partial charge >= 0.3 is 0 Å². The number of hydrogen-bond acceptors (Lipinski definition) is 4. The highest BCUT2D eigenvalue weighted by molar-refractivity contribution is 5.76. The minimum Gasteiger partial charge on any atom is -0.379 e. The highest BCUT2D eigenvalue weighted by Gasteiger charge is 2.14. The van der Waals surface area contributed by atoms with Crippen LogP contribution in [0.1, 0.15) is 67.2 Å². The standard InChI is InChI=1S/C19H39NO4/c1-7-19(5,6)10-8-11-22-13-15-24-16-14-23-12-9-17(21)20-18(2,3)4/h7-16H2,1-6H3,(H,20,21). The maximum absolute atomic E-state index is 11.6. The van der Waals surface area contributed by atoms with E-state index in [-0.39, 0.29) is 11.4 Å². The predicted molar refractivity (Wildman–Crippen MR) is 98.3 cm³/mol. The minimum absolute atomic E-state index is 0.0167. The van der Waals surface area contributed by atoms with E-state index < -0.39 is 0 Å². The third-order valence-corrected chi connectivity index (χ3v) is 3.83. The molecule has 24 heavy (non-hydrogen) atoms. The van der Waals surface area contributed by atoms with Crippen molar-refractivity contribution in [2.45, 2.75) is 72.8 Å². The summed E-state index contributed by atoms with van der Waals surface area (Å²) < 4.78 is 16.4. The smallest absolute Gasteiger partial charge is 0.222 e. The number of ether oxygens (including phenoxy) is 3. The van der Waals surface area contributed by atoms with E-state index in [1.807, 2.05) is 20.8 Å². The third-order valence-electron chi connectivity index (χ3n) is 3.83. The lowest BCUT2D eigenvalue weighted by Crippen LogP contribution is -2.40. The fraction of sp³-hybridized carbons (Fsp3) is 0.947. The van der Waals surface area contributed by atoms with Gasteiger partial charge in [0.05, 0.1) is 33.0 Å². The summed E-state index contributed by atoms with van der Waals surface area (Å²) in [6.07, 6.45) is 3.88. The molecule has 0 aromatic rings. The van der Waals surface area contributed by atoms with Gasteiger partial charge in [0.15, 0.2) is 0 Å². The van der Waals surface area contributed by atoms with Crippen LogP contribution in [-0.4, -0.2) is 51.1 Å². The van der Waals surface area contributed by atoms with Gasteiger partial charge in [0.1, 0.15) is 0 Å². The van der Waals surface area contributed by atoms with Crippen LogP contribution in [0.4, 0.5) is 0 Å². The average Bonchev–Trinajstić information content (AvgIpc) is 2.46. The Labute approximate surface area is 148 Å². The summed E-state index contributed by atoms with van der Waals surface area (Å²) in [6, 6.07) is 0. The SMILES string of the molecule is CCC(C)(C)CCCOCCOCCOCCC(=O)NC(C)(C)C. The molecule has 0 fully saturated rings. The van der Waals surface area contributed by atoms with Gasteiger partial charge in [-0.15, -0.1) is 0 Å². The van der Waals surface area contributed by atoms with E-state index in [2.05, 4.69) is 26.1 Å². The van der Waals surface area contributed by atoms with Gasteiger partial charge < -0.3 is 19.5 Å². The van der Waals surface area contributed by atoms with Gasteiger partial charge in [-0.1, -0.05) is 27.2 Å². The molecule has 0 saturated heterocycles. The number of amides is 1. The molecule has 5 nitrogen and oxygen atoms in total.